The van der Waals surface area contributed by atoms with Crippen molar-refractivity contribution in [3.05, 3.63) is 59.2 Å². The first kappa shape index (κ1) is 22.7. The fraction of sp³-hybridized carbons (Fsp3) is 0.556. The van der Waals surface area contributed by atoms with E-state index in [1.54, 1.807) is 0 Å². The predicted octanol–water partition coefficient (Wildman–Crippen LogP) is 6.64. The van der Waals surface area contributed by atoms with Crippen LogP contribution in [0.15, 0.2) is 48.1 Å². The molecular formula is C27H38O3. The Labute approximate surface area is 181 Å². The van der Waals surface area contributed by atoms with Crippen molar-refractivity contribution in [2.75, 3.05) is 6.61 Å². The highest BCUT2D eigenvalue weighted by molar-refractivity contribution is 5.54. The Kier molecular flexibility index (Phi) is 7.46. The zero-order valence-corrected chi connectivity index (χ0v) is 18.7. The third kappa shape index (κ3) is 4.67. The van der Waals surface area contributed by atoms with Crippen LogP contribution < -0.4 is 0 Å². The van der Waals surface area contributed by atoms with Crippen LogP contribution in [0.2, 0.25) is 0 Å². The molecule has 1 fully saturated rings. The third-order valence-corrected chi connectivity index (χ3v) is 7.16. The summed E-state index contributed by atoms with van der Waals surface area (Å²) in [5.74, 6) is 0.305. The second kappa shape index (κ2) is 9.87. The molecule has 0 bridgehead atoms. The molecule has 3 nitrogen and oxygen atoms in total. The van der Waals surface area contributed by atoms with Crippen LogP contribution in [0.1, 0.15) is 88.7 Å². The van der Waals surface area contributed by atoms with Gasteiger partial charge >= 0.3 is 0 Å². The Morgan fingerprint density at radius 2 is 1.87 bits per heavy atom. The van der Waals surface area contributed by atoms with Crippen molar-refractivity contribution in [1.29, 1.82) is 0 Å². The molecule has 0 amide bonds. The predicted molar refractivity (Wildman–Crippen MR) is 124 cm³/mol. The molecule has 2 atom stereocenters. The highest BCUT2D eigenvalue weighted by Crippen LogP contribution is 2.50. The molecule has 164 valence electrons. The molecule has 30 heavy (non-hydrogen) atoms. The van der Waals surface area contributed by atoms with Crippen LogP contribution in [0.4, 0.5) is 0 Å². The maximum absolute atomic E-state index is 11.1. The van der Waals surface area contributed by atoms with Gasteiger partial charge < -0.3 is 15.3 Å². The summed E-state index contributed by atoms with van der Waals surface area (Å²) in [6.07, 6.45) is 16.2. The number of aromatic hydroxyl groups is 2. The number of phenols is 2. The molecule has 2 aliphatic rings. The molecule has 0 aromatic heterocycles. The van der Waals surface area contributed by atoms with Gasteiger partial charge in [0.2, 0.25) is 0 Å². The summed E-state index contributed by atoms with van der Waals surface area (Å²) in [6.45, 7) is 8.37. The maximum atomic E-state index is 11.1. The van der Waals surface area contributed by atoms with Gasteiger partial charge in [-0.15, -0.1) is 0 Å². The van der Waals surface area contributed by atoms with Crippen molar-refractivity contribution in [1.82, 2.24) is 0 Å². The molecule has 0 aliphatic heterocycles. The van der Waals surface area contributed by atoms with E-state index in [4.69, 9.17) is 0 Å². The van der Waals surface area contributed by atoms with Gasteiger partial charge in [-0.2, -0.15) is 0 Å². The van der Waals surface area contributed by atoms with Gasteiger partial charge in [0, 0.05) is 16.9 Å². The van der Waals surface area contributed by atoms with Crippen LogP contribution in [-0.2, 0) is 5.41 Å². The summed E-state index contributed by atoms with van der Waals surface area (Å²) < 4.78 is 0. The Hall–Kier alpha value is -2.00. The number of aliphatic hydroxyl groups excluding tert-OH is 1. The molecule has 3 heteroatoms. The molecule has 0 heterocycles. The highest BCUT2D eigenvalue weighted by atomic mass is 16.3. The minimum Gasteiger partial charge on any atom is -0.507 e. The lowest BCUT2D eigenvalue weighted by atomic mass is 9.72. The number of rotatable bonds is 8. The number of benzene rings is 1. The van der Waals surface area contributed by atoms with E-state index in [-0.39, 0.29) is 35.4 Å². The zero-order chi connectivity index (χ0) is 21.7. The van der Waals surface area contributed by atoms with E-state index < -0.39 is 0 Å². The van der Waals surface area contributed by atoms with Gasteiger partial charge in [0.25, 0.3) is 0 Å². The van der Waals surface area contributed by atoms with Crippen LogP contribution in [0, 0.1) is 5.92 Å². The van der Waals surface area contributed by atoms with Crippen molar-refractivity contribution >= 4 is 0 Å². The lowest BCUT2D eigenvalue weighted by molar-refractivity contribution is 0.314. The molecular weight excluding hydrogens is 372 g/mol. The van der Waals surface area contributed by atoms with Gasteiger partial charge in [-0.25, -0.2) is 0 Å². The molecule has 0 spiro atoms. The SMILES string of the molecule is C=C(C)[C@H]1CCC(CO)=C[C@@H]1c1c(O)cc(C2(/C=C\CCCC)CCCC2)cc1O. The number of allylic oxidation sites excluding steroid dienone is 4. The number of hydrogen-bond donors (Lipinski definition) is 3. The van der Waals surface area contributed by atoms with Crippen LogP contribution in [-0.4, -0.2) is 21.9 Å². The monoisotopic (exact) mass is 410 g/mol. The van der Waals surface area contributed by atoms with Gasteiger partial charge in [0.1, 0.15) is 11.5 Å². The molecule has 3 N–H and O–H groups in total. The number of aliphatic hydroxyl groups is 1. The second-order valence-corrected chi connectivity index (χ2v) is 9.34. The van der Waals surface area contributed by atoms with Crippen LogP contribution in [0.5, 0.6) is 11.5 Å². The van der Waals surface area contributed by atoms with Crippen LogP contribution >= 0.6 is 0 Å². The quantitative estimate of drug-likeness (QED) is 0.332. The Morgan fingerprint density at radius 1 is 1.20 bits per heavy atom. The summed E-state index contributed by atoms with van der Waals surface area (Å²) in [5.41, 5.74) is 3.50. The highest BCUT2D eigenvalue weighted by Gasteiger charge is 2.36. The number of hydrogen-bond acceptors (Lipinski definition) is 3. The Morgan fingerprint density at radius 3 is 2.43 bits per heavy atom. The fourth-order valence-electron chi connectivity index (χ4n) is 5.38. The summed E-state index contributed by atoms with van der Waals surface area (Å²) in [4.78, 5) is 0. The van der Waals surface area contributed by atoms with E-state index in [2.05, 4.69) is 25.7 Å². The molecule has 1 aromatic rings. The molecule has 0 saturated heterocycles. The van der Waals surface area contributed by atoms with Gasteiger partial charge in [-0.3, -0.25) is 0 Å². The molecule has 0 radical (unpaired) electrons. The third-order valence-electron chi connectivity index (χ3n) is 7.16. The standard InChI is InChI=1S/C27H38O3/c1-4-5-6-7-12-27(13-8-9-14-27)21-16-24(29)26(25(30)17-21)23-15-20(18-28)10-11-22(23)19(2)3/h7,12,15-17,22-23,28-30H,2,4-6,8-11,13-14,18H2,1,3H3/b12-7-/t22-,23+/m1/s1. The first-order chi connectivity index (χ1) is 14.4. The number of unbranched alkanes of at least 4 members (excludes halogenated alkanes) is 2. The van der Waals surface area contributed by atoms with Crippen molar-refractivity contribution in [2.45, 2.75) is 83.0 Å². The lowest BCUT2D eigenvalue weighted by Crippen LogP contribution is -2.21. The topological polar surface area (TPSA) is 60.7 Å². The summed E-state index contributed by atoms with van der Waals surface area (Å²) in [5, 5.41) is 31.8. The van der Waals surface area contributed by atoms with E-state index in [0.717, 1.165) is 48.8 Å². The fourth-order valence-corrected chi connectivity index (χ4v) is 5.38. The Balaban J connectivity index is 2.00. The molecule has 1 aromatic carbocycles. The smallest absolute Gasteiger partial charge is 0.123 e. The average molecular weight is 411 g/mol. The first-order valence-corrected chi connectivity index (χ1v) is 11.6. The van der Waals surface area contributed by atoms with Crippen molar-refractivity contribution in [3.63, 3.8) is 0 Å². The molecule has 3 rings (SSSR count). The normalized spacial score (nSPS) is 23.6. The van der Waals surface area contributed by atoms with E-state index in [1.165, 1.54) is 25.7 Å². The molecule has 2 aliphatic carbocycles. The summed E-state index contributed by atoms with van der Waals surface area (Å²) in [6, 6.07) is 3.75. The van der Waals surface area contributed by atoms with Crippen molar-refractivity contribution in [3.8, 4) is 11.5 Å². The van der Waals surface area contributed by atoms with E-state index in [0.29, 0.717) is 5.56 Å². The minimum absolute atomic E-state index is 0.0185. The Bertz CT molecular complexity index is 788. The van der Waals surface area contributed by atoms with Crippen LogP contribution in [0.25, 0.3) is 0 Å². The average Bonchev–Trinajstić information content (AvgIpc) is 3.20. The van der Waals surface area contributed by atoms with E-state index in [9.17, 15) is 15.3 Å². The van der Waals surface area contributed by atoms with Gasteiger partial charge in [-0.05, 0) is 68.2 Å². The van der Waals surface area contributed by atoms with Crippen molar-refractivity contribution in [2.24, 2.45) is 5.92 Å². The zero-order valence-electron chi connectivity index (χ0n) is 18.7. The number of phenolic OH excluding ortho intramolecular Hbond substituents is 2. The summed E-state index contributed by atoms with van der Waals surface area (Å²) in [7, 11) is 0. The van der Waals surface area contributed by atoms with E-state index in [1.807, 2.05) is 25.1 Å². The first-order valence-electron chi connectivity index (χ1n) is 11.6. The van der Waals surface area contributed by atoms with E-state index >= 15 is 0 Å². The second-order valence-electron chi connectivity index (χ2n) is 9.34. The minimum atomic E-state index is -0.160. The lowest BCUT2D eigenvalue weighted by Gasteiger charge is -2.33. The largest absolute Gasteiger partial charge is 0.507 e. The van der Waals surface area contributed by atoms with Crippen molar-refractivity contribution < 1.29 is 15.3 Å². The summed E-state index contributed by atoms with van der Waals surface area (Å²) >= 11 is 0. The van der Waals surface area contributed by atoms with Gasteiger partial charge in [-0.1, -0.05) is 63.0 Å². The molecule has 0 unspecified atom stereocenters. The van der Waals surface area contributed by atoms with Crippen LogP contribution in [0.3, 0.4) is 0 Å². The van der Waals surface area contributed by atoms with Gasteiger partial charge in [0.05, 0.1) is 6.61 Å². The maximum Gasteiger partial charge on any atom is 0.123 e. The van der Waals surface area contributed by atoms with Gasteiger partial charge in [0.15, 0.2) is 0 Å². The molecule has 1 saturated carbocycles.